The molecule has 3 rings (SSSR count). The van der Waals surface area contributed by atoms with Gasteiger partial charge >= 0.3 is 0 Å². The Balaban J connectivity index is 1.81. The number of hydrogen-bond donors (Lipinski definition) is 1. The van der Waals surface area contributed by atoms with Crippen LogP contribution in [-0.2, 0) is 10.2 Å². The monoisotopic (exact) mass is 404 g/mol. The molecule has 1 atom stereocenters. The van der Waals surface area contributed by atoms with E-state index in [-0.39, 0.29) is 5.92 Å². The van der Waals surface area contributed by atoms with Gasteiger partial charge in [0.25, 0.3) is 10.2 Å². The lowest BCUT2D eigenvalue weighted by molar-refractivity contribution is 0.285. The van der Waals surface area contributed by atoms with Crippen LogP contribution in [-0.4, -0.2) is 58.2 Å². The fraction of sp³-hybridized carbons (Fsp3) is 0.526. The molecule has 0 spiro atoms. The quantitative estimate of drug-likeness (QED) is 0.763. The molecule has 3 heterocycles. The molecule has 1 fully saturated rings. The number of nitrogens with one attached hydrogen (secondary N) is 1. The summed E-state index contributed by atoms with van der Waals surface area (Å²) in [6, 6.07) is 3.94. The summed E-state index contributed by atoms with van der Waals surface area (Å²) in [5.41, 5.74) is 2.67. The zero-order valence-corrected chi connectivity index (χ0v) is 17.5. The zero-order chi connectivity index (χ0) is 20.1. The summed E-state index contributed by atoms with van der Waals surface area (Å²) in [7, 11) is -3.43. The van der Waals surface area contributed by atoms with Gasteiger partial charge in [0.15, 0.2) is 0 Å². The fourth-order valence-electron chi connectivity index (χ4n) is 3.59. The molecule has 1 N–H and O–H groups in total. The second kappa shape index (κ2) is 8.93. The maximum Gasteiger partial charge on any atom is 0.281 e. The van der Waals surface area contributed by atoms with E-state index in [0.717, 1.165) is 29.9 Å². The zero-order valence-electron chi connectivity index (χ0n) is 16.7. The molecule has 9 heteroatoms. The molecule has 0 aliphatic carbocycles. The average Bonchev–Trinajstić information content (AvgIpc) is 2.69. The number of hydrogen-bond acceptors (Lipinski definition) is 6. The van der Waals surface area contributed by atoms with Gasteiger partial charge in [-0.25, -0.2) is 4.98 Å². The number of rotatable bonds is 7. The smallest absolute Gasteiger partial charge is 0.281 e. The van der Waals surface area contributed by atoms with Crippen LogP contribution in [0.4, 0.5) is 11.5 Å². The molecule has 152 valence electrons. The SMILES string of the molecule is CCN(CC)S(=O)(=O)N1CCC[C@H](c2cc(Nc3cnccn3)cc(C)n2)C1. The summed E-state index contributed by atoms with van der Waals surface area (Å²) in [5.74, 6) is 0.731. The molecule has 0 aromatic carbocycles. The number of piperidine rings is 1. The molecule has 0 radical (unpaired) electrons. The van der Waals surface area contributed by atoms with E-state index in [1.165, 1.54) is 4.31 Å². The average molecular weight is 405 g/mol. The van der Waals surface area contributed by atoms with E-state index in [4.69, 9.17) is 0 Å². The largest absolute Gasteiger partial charge is 0.339 e. The number of aromatic nitrogens is 3. The van der Waals surface area contributed by atoms with Crippen LogP contribution < -0.4 is 5.32 Å². The van der Waals surface area contributed by atoms with Crippen molar-refractivity contribution in [2.75, 3.05) is 31.5 Å². The van der Waals surface area contributed by atoms with Crippen LogP contribution in [0.5, 0.6) is 0 Å². The maximum atomic E-state index is 12.9. The van der Waals surface area contributed by atoms with Gasteiger partial charge in [0.05, 0.1) is 6.20 Å². The first-order valence-electron chi connectivity index (χ1n) is 9.70. The van der Waals surface area contributed by atoms with Gasteiger partial charge in [-0.05, 0) is 31.9 Å². The van der Waals surface area contributed by atoms with Gasteiger partial charge in [-0.2, -0.15) is 17.0 Å². The predicted octanol–water partition coefficient (Wildman–Crippen LogP) is 2.69. The van der Waals surface area contributed by atoms with Crippen LogP contribution in [0.2, 0.25) is 0 Å². The van der Waals surface area contributed by atoms with Crippen LogP contribution in [0.25, 0.3) is 0 Å². The maximum absolute atomic E-state index is 12.9. The highest BCUT2D eigenvalue weighted by Crippen LogP contribution is 2.30. The van der Waals surface area contributed by atoms with Crippen molar-refractivity contribution in [3.8, 4) is 0 Å². The van der Waals surface area contributed by atoms with Crippen LogP contribution in [0, 0.1) is 6.92 Å². The molecule has 1 aliphatic rings. The number of anilines is 2. The first-order valence-corrected chi connectivity index (χ1v) is 11.1. The number of nitrogens with zero attached hydrogens (tertiary/aromatic N) is 5. The molecular weight excluding hydrogens is 376 g/mol. The van der Waals surface area contributed by atoms with E-state index in [1.807, 2.05) is 32.9 Å². The van der Waals surface area contributed by atoms with Gasteiger partial charge in [-0.3, -0.25) is 9.97 Å². The van der Waals surface area contributed by atoms with E-state index in [1.54, 1.807) is 22.9 Å². The van der Waals surface area contributed by atoms with Crippen LogP contribution in [0.1, 0.15) is 44.0 Å². The van der Waals surface area contributed by atoms with Crippen LogP contribution in [0.3, 0.4) is 0 Å². The van der Waals surface area contributed by atoms with Crippen molar-refractivity contribution >= 4 is 21.7 Å². The van der Waals surface area contributed by atoms with E-state index in [0.29, 0.717) is 32.0 Å². The Labute approximate surface area is 167 Å². The first kappa shape index (κ1) is 20.6. The number of aryl methyl sites for hydroxylation is 1. The molecule has 1 aliphatic heterocycles. The van der Waals surface area contributed by atoms with Gasteiger partial charge in [0.2, 0.25) is 0 Å². The molecule has 28 heavy (non-hydrogen) atoms. The molecule has 0 bridgehead atoms. The van der Waals surface area contributed by atoms with Gasteiger partial charge in [-0.15, -0.1) is 0 Å². The first-order chi connectivity index (χ1) is 13.4. The van der Waals surface area contributed by atoms with E-state index < -0.39 is 10.2 Å². The molecule has 0 amide bonds. The van der Waals surface area contributed by atoms with Crippen LogP contribution in [0.15, 0.2) is 30.7 Å². The summed E-state index contributed by atoms with van der Waals surface area (Å²) in [5, 5.41) is 3.25. The van der Waals surface area contributed by atoms with Crippen LogP contribution >= 0.6 is 0 Å². The summed E-state index contributed by atoms with van der Waals surface area (Å²) in [4.78, 5) is 13.0. The van der Waals surface area contributed by atoms with Crippen molar-refractivity contribution in [2.45, 2.75) is 39.5 Å². The number of pyridine rings is 1. The predicted molar refractivity (Wildman–Crippen MR) is 110 cm³/mol. The highest BCUT2D eigenvalue weighted by molar-refractivity contribution is 7.86. The molecule has 1 saturated heterocycles. The topological polar surface area (TPSA) is 91.3 Å². The Morgan fingerprint density at radius 3 is 2.71 bits per heavy atom. The van der Waals surface area contributed by atoms with E-state index >= 15 is 0 Å². The van der Waals surface area contributed by atoms with E-state index in [9.17, 15) is 8.42 Å². The Hall–Kier alpha value is -2.10. The minimum Gasteiger partial charge on any atom is -0.339 e. The Morgan fingerprint density at radius 2 is 2.04 bits per heavy atom. The van der Waals surface area contributed by atoms with Crippen molar-refractivity contribution in [3.63, 3.8) is 0 Å². The van der Waals surface area contributed by atoms with Crippen molar-refractivity contribution in [2.24, 2.45) is 0 Å². The Bertz CT molecular complexity index is 887. The van der Waals surface area contributed by atoms with Gasteiger partial charge in [-0.1, -0.05) is 13.8 Å². The highest BCUT2D eigenvalue weighted by Gasteiger charge is 2.33. The van der Waals surface area contributed by atoms with Crippen molar-refractivity contribution in [1.82, 2.24) is 23.6 Å². The van der Waals surface area contributed by atoms with Crippen molar-refractivity contribution in [1.29, 1.82) is 0 Å². The van der Waals surface area contributed by atoms with Crippen molar-refractivity contribution in [3.05, 3.63) is 42.1 Å². The summed E-state index contributed by atoms with van der Waals surface area (Å²) >= 11 is 0. The summed E-state index contributed by atoms with van der Waals surface area (Å²) in [6.45, 7) is 7.66. The lowest BCUT2D eigenvalue weighted by Crippen LogP contribution is -2.47. The molecule has 0 unspecified atom stereocenters. The summed E-state index contributed by atoms with van der Waals surface area (Å²) in [6.07, 6.45) is 6.67. The van der Waals surface area contributed by atoms with E-state index in [2.05, 4.69) is 20.3 Å². The minimum absolute atomic E-state index is 0.0707. The lowest BCUT2D eigenvalue weighted by atomic mass is 9.95. The molecule has 2 aromatic heterocycles. The van der Waals surface area contributed by atoms with Gasteiger partial charge < -0.3 is 5.32 Å². The molecule has 0 saturated carbocycles. The Morgan fingerprint density at radius 1 is 1.25 bits per heavy atom. The normalized spacial score (nSPS) is 18.4. The third kappa shape index (κ3) is 4.65. The Kier molecular flexibility index (Phi) is 6.58. The third-order valence-corrected chi connectivity index (χ3v) is 7.12. The summed E-state index contributed by atoms with van der Waals surface area (Å²) < 4.78 is 28.9. The highest BCUT2D eigenvalue weighted by atomic mass is 32.2. The molecular formula is C19H28N6O2S. The standard InChI is InChI=1S/C19H28N6O2S/c1-4-24(5-2)28(26,27)25-10-6-7-16(14-25)18-12-17(11-15(3)22-18)23-19-13-20-8-9-21-19/h8-9,11-13,16H,4-7,10,14H2,1-3H3,(H,21,22,23)/t16-/m0/s1. The van der Waals surface area contributed by atoms with Gasteiger partial charge in [0.1, 0.15) is 5.82 Å². The lowest BCUT2D eigenvalue weighted by Gasteiger charge is -2.35. The molecule has 2 aromatic rings. The minimum atomic E-state index is -3.43. The second-order valence-electron chi connectivity index (χ2n) is 6.93. The van der Waals surface area contributed by atoms with Gasteiger partial charge in [0, 0.05) is 61.6 Å². The second-order valence-corrected chi connectivity index (χ2v) is 8.86. The third-order valence-electron chi connectivity index (χ3n) is 4.97. The van der Waals surface area contributed by atoms with Crippen molar-refractivity contribution < 1.29 is 8.42 Å². The molecule has 8 nitrogen and oxygen atoms in total. The fourth-order valence-corrected chi connectivity index (χ4v) is 5.30.